The van der Waals surface area contributed by atoms with Crippen molar-refractivity contribution < 1.29 is 27.6 Å². The van der Waals surface area contributed by atoms with Crippen LogP contribution in [0, 0.1) is 11.3 Å². The summed E-state index contributed by atoms with van der Waals surface area (Å²) < 4.78 is 40.2. The lowest BCUT2D eigenvalue weighted by Gasteiger charge is -2.18. The average Bonchev–Trinajstić information content (AvgIpc) is 3.41. The number of benzene rings is 2. The van der Waals surface area contributed by atoms with E-state index in [1.807, 2.05) is 4.90 Å². The van der Waals surface area contributed by atoms with Gasteiger partial charge in [0, 0.05) is 42.1 Å². The molecule has 8 nitrogen and oxygen atoms in total. The van der Waals surface area contributed by atoms with E-state index in [4.69, 9.17) is 22.7 Å². The molecule has 1 unspecified atom stereocenters. The number of alkyl halides is 3. The van der Waals surface area contributed by atoms with E-state index in [0.29, 0.717) is 29.9 Å². The number of nitrogens with one attached hydrogen (secondary N) is 2. The maximum absolute atomic E-state index is 13.4. The molecule has 4 N–H and O–H groups in total. The second-order valence-electron chi connectivity index (χ2n) is 9.29. The summed E-state index contributed by atoms with van der Waals surface area (Å²) in [6.07, 6.45) is -1.22. The number of primary amides is 1. The van der Waals surface area contributed by atoms with Gasteiger partial charge in [0.1, 0.15) is 0 Å². The third-order valence-electron chi connectivity index (χ3n) is 6.44. The lowest BCUT2D eigenvalue weighted by molar-refractivity contribution is -0.138. The van der Waals surface area contributed by atoms with Crippen LogP contribution in [0.2, 0.25) is 5.02 Å². The summed E-state index contributed by atoms with van der Waals surface area (Å²) in [5, 5.41) is 10.3. The van der Waals surface area contributed by atoms with Gasteiger partial charge in [-0.2, -0.15) is 13.2 Å². The van der Waals surface area contributed by atoms with Crippen LogP contribution >= 0.6 is 23.4 Å². The van der Waals surface area contributed by atoms with Crippen LogP contribution in [-0.2, 0) is 22.3 Å². The van der Waals surface area contributed by atoms with Crippen molar-refractivity contribution in [3.8, 4) is 0 Å². The van der Waals surface area contributed by atoms with Gasteiger partial charge in [-0.3, -0.25) is 24.2 Å². The fourth-order valence-electron chi connectivity index (χ4n) is 4.60. The molecule has 2 aromatic carbocycles. The summed E-state index contributed by atoms with van der Waals surface area (Å²) in [5.41, 5.74) is 5.78. The van der Waals surface area contributed by atoms with E-state index in [-0.39, 0.29) is 46.3 Å². The van der Waals surface area contributed by atoms with Crippen LogP contribution in [0.15, 0.2) is 41.3 Å². The Labute approximate surface area is 231 Å². The minimum absolute atomic E-state index is 0.000548. The zero-order valence-electron chi connectivity index (χ0n) is 20.6. The van der Waals surface area contributed by atoms with Crippen molar-refractivity contribution in [1.82, 2.24) is 9.80 Å². The van der Waals surface area contributed by atoms with Crippen LogP contribution in [0.1, 0.15) is 28.7 Å². The first-order valence-electron chi connectivity index (χ1n) is 11.9. The molecule has 2 heterocycles. The number of amides is 3. The van der Waals surface area contributed by atoms with E-state index in [1.54, 1.807) is 24.3 Å². The molecule has 0 radical (unpaired) electrons. The molecule has 2 saturated heterocycles. The van der Waals surface area contributed by atoms with Crippen molar-refractivity contribution in [2.45, 2.75) is 19.1 Å². The highest BCUT2D eigenvalue weighted by Crippen LogP contribution is 2.36. The molecule has 0 aromatic heterocycles. The zero-order chi connectivity index (χ0) is 28.3. The van der Waals surface area contributed by atoms with Gasteiger partial charge in [-0.05, 0) is 72.1 Å². The normalized spacial score (nSPS) is 19.2. The summed E-state index contributed by atoms with van der Waals surface area (Å²) >= 11 is 6.57. The number of imide groups is 1. The quantitative estimate of drug-likeness (QED) is 0.290. The molecule has 3 amide bonds. The van der Waals surface area contributed by atoms with Gasteiger partial charge in [0.2, 0.25) is 5.91 Å². The van der Waals surface area contributed by atoms with Crippen molar-refractivity contribution in [3.63, 3.8) is 0 Å². The molecule has 0 spiro atoms. The number of thioether (sulfide) groups is 1. The van der Waals surface area contributed by atoms with Crippen LogP contribution in [0.3, 0.4) is 0 Å². The number of anilines is 1. The predicted octanol–water partition coefficient (Wildman–Crippen LogP) is 4.81. The smallest absolute Gasteiger partial charge is 0.380 e. The minimum atomic E-state index is -4.57. The lowest BCUT2D eigenvalue weighted by Crippen LogP contribution is -2.36. The van der Waals surface area contributed by atoms with E-state index in [9.17, 15) is 27.6 Å². The van der Waals surface area contributed by atoms with E-state index < -0.39 is 23.6 Å². The van der Waals surface area contributed by atoms with Gasteiger partial charge in [-0.1, -0.05) is 23.7 Å². The number of rotatable bonds is 9. The Balaban J connectivity index is 1.44. The standard InChI is InChI=1S/C26H25ClF3N5O3S/c27-19-3-2-17(20(9-19)26(28,29)30)11-33-21-4-1-15(7-18(21)10-31)8-22-24(37)35(25(38)39-22)13-16-5-6-34(12-16)14-23(32)36/h1-4,7-10,16,31,33H,5-6,11-14H2,(H2,32,36). The van der Waals surface area contributed by atoms with Gasteiger partial charge < -0.3 is 16.5 Å². The monoisotopic (exact) mass is 579 g/mol. The number of hydrogen-bond donors (Lipinski definition) is 3. The molecule has 0 aliphatic carbocycles. The van der Waals surface area contributed by atoms with Crippen molar-refractivity contribution in [2.24, 2.45) is 11.7 Å². The number of halogens is 4. The Hall–Kier alpha value is -3.35. The largest absolute Gasteiger partial charge is 0.416 e. The van der Waals surface area contributed by atoms with Gasteiger partial charge >= 0.3 is 6.18 Å². The molecule has 2 aliphatic heterocycles. The highest BCUT2D eigenvalue weighted by atomic mass is 35.5. The molecular weight excluding hydrogens is 555 g/mol. The maximum Gasteiger partial charge on any atom is 0.416 e. The molecule has 2 fully saturated rings. The fraction of sp³-hybridized carbons (Fsp3) is 0.308. The van der Waals surface area contributed by atoms with Crippen LogP contribution < -0.4 is 11.1 Å². The summed E-state index contributed by atoms with van der Waals surface area (Å²) in [6, 6.07) is 8.41. The topological polar surface area (TPSA) is 120 Å². The molecule has 0 saturated carbocycles. The molecule has 1 atom stereocenters. The van der Waals surface area contributed by atoms with Gasteiger partial charge in [0.05, 0.1) is 17.0 Å². The molecule has 13 heteroatoms. The van der Waals surface area contributed by atoms with Crippen molar-refractivity contribution in [1.29, 1.82) is 5.41 Å². The Morgan fingerprint density at radius 1 is 1.23 bits per heavy atom. The maximum atomic E-state index is 13.4. The first kappa shape index (κ1) is 28.7. The number of carbonyl (C=O) groups excluding carboxylic acids is 3. The molecule has 2 aliphatic rings. The number of likely N-dealkylation sites (tertiary alicyclic amines) is 1. The molecule has 0 bridgehead atoms. The summed E-state index contributed by atoms with van der Waals surface area (Å²) in [4.78, 5) is 40.0. The van der Waals surface area contributed by atoms with E-state index >= 15 is 0 Å². The molecule has 4 rings (SSSR count). The van der Waals surface area contributed by atoms with Crippen molar-refractivity contribution in [2.75, 3.05) is 31.5 Å². The second kappa shape index (κ2) is 11.8. The third-order valence-corrected chi connectivity index (χ3v) is 7.58. The van der Waals surface area contributed by atoms with E-state index in [2.05, 4.69) is 5.32 Å². The van der Waals surface area contributed by atoms with E-state index in [0.717, 1.165) is 30.5 Å². The molecular formula is C26H25ClF3N5O3S. The SMILES string of the molecule is N=Cc1cc(C=C2SC(=O)N(CC3CCN(CC(N)=O)C3)C2=O)ccc1NCc1ccc(Cl)cc1C(F)(F)F. The number of hydrogen-bond acceptors (Lipinski definition) is 7. The van der Waals surface area contributed by atoms with E-state index in [1.165, 1.54) is 17.0 Å². The lowest BCUT2D eigenvalue weighted by atomic mass is 10.1. The molecule has 2 aromatic rings. The van der Waals surface area contributed by atoms with Crippen molar-refractivity contribution >= 4 is 58.4 Å². The summed E-state index contributed by atoms with van der Waals surface area (Å²) in [6.45, 7) is 1.48. The highest BCUT2D eigenvalue weighted by Gasteiger charge is 2.38. The fourth-order valence-corrected chi connectivity index (χ4v) is 5.62. The Kier molecular flexibility index (Phi) is 8.67. The first-order valence-corrected chi connectivity index (χ1v) is 13.1. The second-order valence-corrected chi connectivity index (χ2v) is 10.7. The molecule has 206 valence electrons. The van der Waals surface area contributed by atoms with Crippen LogP contribution in [0.4, 0.5) is 23.7 Å². The number of nitrogens with zero attached hydrogens (tertiary/aromatic N) is 2. The van der Waals surface area contributed by atoms with Crippen LogP contribution in [0.25, 0.3) is 6.08 Å². The predicted molar refractivity (Wildman–Crippen MR) is 145 cm³/mol. The Bertz CT molecular complexity index is 1350. The van der Waals surface area contributed by atoms with Crippen LogP contribution in [-0.4, -0.2) is 59.2 Å². The first-order chi connectivity index (χ1) is 18.4. The third kappa shape index (κ3) is 7.00. The number of carbonyl (C=O) groups is 3. The Morgan fingerprint density at radius 3 is 2.69 bits per heavy atom. The summed E-state index contributed by atoms with van der Waals surface area (Å²) in [5.74, 6) is -0.795. The van der Waals surface area contributed by atoms with Crippen LogP contribution in [0.5, 0.6) is 0 Å². The summed E-state index contributed by atoms with van der Waals surface area (Å²) in [7, 11) is 0. The van der Waals surface area contributed by atoms with Gasteiger partial charge in [-0.15, -0.1) is 0 Å². The number of nitrogens with two attached hydrogens (primary N) is 1. The molecule has 39 heavy (non-hydrogen) atoms. The minimum Gasteiger partial charge on any atom is -0.380 e. The average molecular weight is 580 g/mol. The van der Waals surface area contributed by atoms with Crippen molar-refractivity contribution in [3.05, 3.63) is 68.6 Å². The van der Waals surface area contributed by atoms with Gasteiger partial charge in [0.15, 0.2) is 0 Å². The zero-order valence-corrected chi connectivity index (χ0v) is 22.1. The van der Waals surface area contributed by atoms with Gasteiger partial charge in [0.25, 0.3) is 11.1 Å². The highest BCUT2D eigenvalue weighted by molar-refractivity contribution is 8.18. The van der Waals surface area contributed by atoms with Gasteiger partial charge in [-0.25, -0.2) is 0 Å². The Morgan fingerprint density at radius 2 is 2.00 bits per heavy atom.